The van der Waals surface area contributed by atoms with Crippen molar-refractivity contribution in [1.29, 1.82) is 0 Å². The molecule has 1 aromatic rings. The molecule has 0 spiro atoms. The van der Waals surface area contributed by atoms with Gasteiger partial charge in [-0.1, -0.05) is 11.6 Å². The fourth-order valence-corrected chi connectivity index (χ4v) is 1.51. The summed E-state index contributed by atoms with van der Waals surface area (Å²) in [7, 11) is 1.30. The molecule has 0 aliphatic rings. The molecule has 0 amide bonds. The van der Waals surface area contributed by atoms with Crippen LogP contribution >= 0.6 is 18.3 Å². The minimum atomic E-state index is -3.12. The fraction of sp³-hybridized carbons (Fsp3) is 0.143. The van der Waals surface area contributed by atoms with Gasteiger partial charge >= 0.3 is 6.72 Å². The number of hydrogen-bond acceptors (Lipinski definition) is 3. The average molecular weight is 239 g/mol. The summed E-state index contributed by atoms with van der Waals surface area (Å²) in [6, 6.07) is 6.50. The van der Waals surface area contributed by atoms with Crippen LogP contribution in [-0.2, 0) is 16.3 Å². The van der Waals surface area contributed by atoms with Crippen molar-refractivity contribution in [1.82, 2.24) is 0 Å². The summed E-state index contributed by atoms with van der Waals surface area (Å²) in [5.74, 6) is 0.442. The smallest absolute Gasteiger partial charge is 0.377 e. The van der Waals surface area contributed by atoms with Crippen molar-refractivity contribution in [3.63, 3.8) is 0 Å². The summed E-state index contributed by atoms with van der Waals surface area (Å²) in [6.45, 7) is -3.12. The zero-order valence-corrected chi connectivity index (χ0v) is 9.27. The van der Waals surface area contributed by atoms with Gasteiger partial charge in [0.15, 0.2) is 0 Å². The molecule has 0 aliphatic carbocycles. The molecule has 0 saturated carbocycles. The average Bonchev–Trinajstić information content (AvgIpc) is 2.09. The number of halogens is 1. The lowest BCUT2D eigenvalue weighted by molar-refractivity contribution is 0.313. The predicted molar refractivity (Wildman–Crippen MR) is 55.6 cm³/mol. The maximum Gasteiger partial charge on any atom is 0.377 e. The molecule has 1 unspecified atom stereocenters. The van der Waals surface area contributed by atoms with E-state index in [9.17, 15) is 4.89 Å². The SMILES string of the molecule is COP(O)(=S)Oc1ccc(Cl)cc1. The highest BCUT2D eigenvalue weighted by Crippen LogP contribution is 2.43. The molecule has 13 heavy (non-hydrogen) atoms. The molecule has 1 atom stereocenters. The molecule has 0 saturated heterocycles. The molecule has 0 aromatic heterocycles. The monoisotopic (exact) mass is 238 g/mol. The molecule has 6 heteroatoms. The van der Waals surface area contributed by atoms with Crippen LogP contribution in [0.1, 0.15) is 0 Å². The molecule has 0 fully saturated rings. The Hall–Kier alpha value is -0.120. The van der Waals surface area contributed by atoms with Gasteiger partial charge in [0.1, 0.15) is 5.75 Å². The molecule has 0 heterocycles. The van der Waals surface area contributed by atoms with Gasteiger partial charge in [-0.15, -0.1) is 0 Å². The van der Waals surface area contributed by atoms with E-state index in [1.54, 1.807) is 24.3 Å². The molecule has 72 valence electrons. The van der Waals surface area contributed by atoms with Crippen LogP contribution in [0.5, 0.6) is 5.75 Å². The molecule has 1 N–H and O–H groups in total. The third-order valence-corrected chi connectivity index (χ3v) is 3.09. The standard InChI is InChI=1S/C7H8ClO3PS/c1-10-12(9,13)11-7-4-2-6(8)3-5-7/h2-5H,1H3,(H,9,13). The first-order chi connectivity index (χ1) is 6.03. The lowest BCUT2D eigenvalue weighted by Crippen LogP contribution is -1.92. The molecular formula is C7H8ClO3PS. The lowest BCUT2D eigenvalue weighted by atomic mass is 10.3. The number of hydrogen-bond donors (Lipinski definition) is 1. The van der Waals surface area contributed by atoms with E-state index in [0.717, 1.165) is 0 Å². The van der Waals surface area contributed by atoms with Crippen molar-refractivity contribution >= 4 is 30.1 Å². The van der Waals surface area contributed by atoms with Gasteiger partial charge in [0.25, 0.3) is 0 Å². The Morgan fingerprint density at radius 1 is 1.38 bits per heavy atom. The topological polar surface area (TPSA) is 38.7 Å². The summed E-state index contributed by atoms with van der Waals surface area (Å²) in [6.07, 6.45) is 0. The lowest BCUT2D eigenvalue weighted by Gasteiger charge is -2.13. The first-order valence-electron chi connectivity index (χ1n) is 3.37. The zero-order valence-electron chi connectivity index (χ0n) is 6.81. The van der Waals surface area contributed by atoms with Crippen molar-refractivity contribution in [2.75, 3.05) is 7.11 Å². The van der Waals surface area contributed by atoms with Crippen LogP contribution < -0.4 is 4.52 Å². The zero-order chi connectivity index (χ0) is 9.90. The summed E-state index contributed by atoms with van der Waals surface area (Å²) < 4.78 is 9.60. The maximum absolute atomic E-state index is 9.29. The van der Waals surface area contributed by atoms with Crippen molar-refractivity contribution in [2.24, 2.45) is 0 Å². The van der Waals surface area contributed by atoms with Gasteiger partial charge in [-0.05, 0) is 24.3 Å². The maximum atomic E-state index is 9.29. The number of rotatable bonds is 3. The molecular weight excluding hydrogens is 231 g/mol. The van der Waals surface area contributed by atoms with Gasteiger partial charge in [0.05, 0.1) is 0 Å². The molecule has 3 nitrogen and oxygen atoms in total. The van der Waals surface area contributed by atoms with Gasteiger partial charge in [-0.2, -0.15) is 0 Å². The van der Waals surface area contributed by atoms with E-state index < -0.39 is 6.72 Å². The Labute approximate surface area is 86.5 Å². The van der Waals surface area contributed by atoms with Crippen LogP contribution in [0, 0.1) is 0 Å². The van der Waals surface area contributed by atoms with E-state index in [0.29, 0.717) is 10.8 Å². The largest absolute Gasteiger partial charge is 0.424 e. The summed E-state index contributed by atoms with van der Waals surface area (Å²) in [5, 5.41) is 0.594. The van der Waals surface area contributed by atoms with Crippen LogP contribution in [0.4, 0.5) is 0 Å². The van der Waals surface area contributed by atoms with Gasteiger partial charge in [-0.25, -0.2) is 0 Å². The molecule has 1 rings (SSSR count). The Morgan fingerprint density at radius 3 is 2.38 bits per heavy atom. The third-order valence-electron chi connectivity index (χ3n) is 1.27. The Kier molecular flexibility index (Phi) is 3.71. The van der Waals surface area contributed by atoms with Crippen LogP contribution in [0.15, 0.2) is 24.3 Å². The summed E-state index contributed by atoms with van der Waals surface area (Å²) in [4.78, 5) is 9.29. The molecule has 1 aromatic carbocycles. The highest BCUT2D eigenvalue weighted by atomic mass is 35.5. The van der Waals surface area contributed by atoms with E-state index in [1.807, 2.05) is 0 Å². The highest BCUT2D eigenvalue weighted by Gasteiger charge is 2.13. The minimum absolute atomic E-state index is 0.442. The van der Waals surface area contributed by atoms with Crippen LogP contribution in [0.3, 0.4) is 0 Å². The Bertz CT molecular complexity index is 327. The van der Waals surface area contributed by atoms with Crippen molar-refractivity contribution in [3.8, 4) is 5.75 Å². The third kappa shape index (κ3) is 3.63. The second kappa shape index (κ2) is 4.40. The number of benzene rings is 1. The fourth-order valence-electron chi connectivity index (χ4n) is 0.666. The second-order valence-electron chi connectivity index (χ2n) is 2.20. The normalized spacial score (nSPS) is 15.0. The molecule has 0 aliphatic heterocycles. The van der Waals surface area contributed by atoms with Crippen molar-refractivity contribution in [2.45, 2.75) is 0 Å². The molecule has 0 radical (unpaired) electrons. The first kappa shape index (κ1) is 11.0. The highest BCUT2D eigenvalue weighted by molar-refractivity contribution is 8.07. The second-order valence-corrected chi connectivity index (χ2v) is 5.50. The van der Waals surface area contributed by atoms with Gasteiger partial charge in [-0.3, -0.25) is 0 Å². The molecule has 0 bridgehead atoms. The van der Waals surface area contributed by atoms with Gasteiger partial charge < -0.3 is 13.9 Å². The van der Waals surface area contributed by atoms with E-state index in [4.69, 9.17) is 16.1 Å². The van der Waals surface area contributed by atoms with Crippen LogP contribution in [0.25, 0.3) is 0 Å². The van der Waals surface area contributed by atoms with E-state index in [2.05, 4.69) is 16.3 Å². The summed E-state index contributed by atoms with van der Waals surface area (Å²) in [5.41, 5.74) is 0. The van der Waals surface area contributed by atoms with Crippen LogP contribution in [-0.4, -0.2) is 12.0 Å². The van der Waals surface area contributed by atoms with Crippen molar-refractivity contribution < 1.29 is 13.9 Å². The van der Waals surface area contributed by atoms with E-state index in [1.165, 1.54) is 7.11 Å². The first-order valence-corrected chi connectivity index (χ1v) is 6.34. The minimum Gasteiger partial charge on any atom is -0.424 e. The van der Waals surface area contributed by atoms with E-state index >= 15 is 0 Å². The van der Waals surface area contributed by atoms with Crippen molar-refractivity contribution in [3.05, 3.63) is 29.3 Å². The van der Waals surface area contributed by atoms with E-state index in [-0.39, 0.29) is 0 Å². The van der Waals surface area contributed by atoms with Crippen LogP contribution in [0.2, 0.25) is 5.02 Å². The predicted octanol–water partition coefficient (Wildman–Crippen LogP) is 2.58. The quantitative estimate of drug-likeness (QED) is 0.822. The Balaban J connectivity index is 2.75. The Morgan fingerprint density at radius 2 is 1.92 bits per heavy atom. The van der Waals surface area contributed by atoms with Gasteiger partial charge in [0.2, 0.25) is 0 Å². The van der Waals surface area contributed by atoms with Gasteiger partial charge in [0, 0.05) is 23.9 Å². The summed E-state index contributed by atoms with van der Waals surface area (Å²) >= 11 is 10.3.